The van der Waals surface area contributed by atoms with E-state index in [-0.39, 0.29) is 46.5 Å². The summed E-state index contributed by atoms with van der Waals surface area (Å²) in [6.45, 7) is 4.44. The van der Waals surface area contributed by atoms with Crippen LogP contribution in [0.2, 0.25) is 0 Å². The number of hydrogen-bond acceptors (Lipinski definition) is 0. The van der Waals surface area contributed by atoms with Crippen molar-refractivity contribution in [2.75, 3.05) is 0 Å². The summed E-state index contributed by atoms with van der Waals surface area (Å²) in [5, 5.41) is 2.54. The average molecular weight is 540 g/mol. The Hall–Kier alpha value is -2.61. The smallest absolute Gasteiger partial charge is 1.00 e. The molecule has 0 bridgehead atoms. The molecule has 0 atom stereocenters. The fourth-order valence-corrected chi connectivity index (χ4v) is 5.24. The zero-order chi connectivity index (χ0) is 22.4. The molecule has 4 aromatic rings. The molecular formula is C33H25Cl2Ti. The fourth-order valence-electron chi connectivity index (χ4n) is 5.24. The van der Waals surface area contributed by atoms with E-state index in [4.69, 9.17) is 0 Å². The van der Waals surface area contributed by atoms with Crippen LogP contribution in [0.3, 0.4) is 0 Å². The average Bonchev–Trinajstić information content (AvgIpc) is 3.49. The van der Waals surface area contributed by atoms with Gasteiger partial charge in [-0.3, -0.25) is 0 Å². The van der Waals surface area contributed by atoms with E-state index in [0.29, 0.717) is 0 Å². The van der Waals surface area contributed by atoms with E-state index in [9.17, 15) is 0 Å². The Morgan fingerprint density at radius 2 is 1.39 bits per heavy atom. The van der Waals surface area contributed by atoms with Crippen LogP contribution in [0.4, 0.5) is 0 Å². The van der Waals surface area contributed by atoms with E-state index >= 15 is 0 Å². The Morgan fingerprint density at radius 1 is 0.750 bits per heavy atom. The molecule has 0 aliphatic heterocycles. The van der Waals surface area contributed by atoms with E-state index in [0.717, 1.165) is 6.42 Å². The summed E-state index contributed by atoms with van der Waals surface area (Å²) in [5.74, 6) is 0. The third-order valence-corrected chi connectivity index (χ3v) is 6.80. The molecule has 4 aromatic carbocycles. The predicted molar refractivity (Wildman–Crippen MR) is 139 cm³/mol. The molecule has 0 unspecified atom stereocenters. The minimum absolute atomic E-state index is 0. The van der Waals surface area contributed by atoms with Gasteiger partial charge < -0.3 is 24.8 Å². The summed E-state index contributed by atoms with van der Waals surface area (Å²) in [4.78, 5) is 0. The first-order valence-electron chi connectivity index (χ1n) is 11.6. The zero-order valence-corrected chi connectivity index (χ0v) is 23.4. The van der Waals surface area contributed by atoms with Gasteiger partial charge in [-0.2, -0.15) is 0 Å². The standard InChI is InChI=1S/C33H25.2ClH.Ti/c1-22-17-18-28-27(19-22)20-31-30(28)21-29(23(2)32(31)24-15-9-10-16-24)33(25-11-5-3-6-12-25)26-13-7-4-8-14-26;;;/h3-15,17-19,21H,16H2,1-2H3;2*1H;/q-1;;;+3/p-2. The van der Waals surface area contributed by atoms with Crippen molar-refractivity contribution >= 4 is 17.2 Å². The SMILES string of the molecule is Cc1ccc2c(c1)[C-]=c1c-2cc(=C(c2ccccc2)c2ccccc2)c(C)c1C1=CC=CC1.[Cl-].[Cl-].[Ti+3]. The van der Waals surface area contributed by atoms with Crippen molar-refractivity contribution in [1.82, 2.24) is 0 Å². The Kier molecular flexibility index (Phi) is 9.04. The van der Waals surface area contributed by atoms with Gasteiger partial charge in [0.1, 0.15) is 0 Å². The van der Waals surface area contributed by atoms with Gasteiger partial charge in [0.25, 0.3) is 0 Å². The van der Waals surface area contributed by atoms with Gasteiger partial charge in [-0.15, -0.1) is 34.1 Å². The quantitative estimate of drug-likeness (QED) is 0.232. The van der Waals surface area contributed by atoms with Gasteiger partial charge in [0.05, 0.1) is 0 Å². The monoisotopic (exact) mass is 539 g/mol. The molecule has 0 nitrogen and oxygen atoms in total. The molecule has 0 fully saturated rings. The molecule has 6 rings (SSSR count). The van der Waals surface area contributed by atoms with Gasteiger partial charge in [0.2, 0.25) is 0 Å². The summed E-state index contributed by atoms with van der Waals surface area (Å²) >= 11 is 0. The summed E-state index contributed by atoms with van der Waals surface area (Å²) in [6.07, 6.45) is 11.4. The van der Waals surface area contributed by atoms with Gasteiger partial charge >= 0.3 is 21.7 Å². The van der Waals surface area contributed by atoms with Crippen LogP contribution in [0.5, 0.6) is 0 Å². The summed E-state index contributed by atoms with van der Waals surface area (Å²) in [6, 6.07) is 30.7. The Balaban J connectivity index is 0.00000120. The van der Waals surface area contributed by atoms with Crippen LogP contribution in [-0.2, 0) is 21.7 Å². The second-order valence-corrected chi connectivity index (χ2v) is 8.95. The van der Waals surface area contributed by atoms with E-state index in [2.05, 4.69) is 123 Å². The Morgan fingerprint density at radius 3 is 1.97 bits per heavy atom. The largest absolute Gasteiger partial charge is 3.00 e. The first-order valence-corrected chi connectivity index (χ1v) is 11.6. The van der Waals surface area contributed by atoms with Crippen LogP contribution in [0.1, 0.15) is 39.8 Å². The van der Waals surface area contributed by atoms with Gasteiger partial charge in [0.15, 0.2) is 0 Å². The molecule has 1 radical (unpaired) electrons. The van der Waals surface area contributed by atoms with E-state index in [1.165, 1.54) is 66.1 Å². The van der Waals surface area contributed by atoms with Gasteiger partial charge in [-0.25, -0.2) is 0 Å². The third kappa shape index (κ3) is 4.84. The van der Waals surface area contributed by atoms with Gasteiger partial charge in [-0.05, 0) is 42.2 Å². The topological polar surface area (TPSA) is 0 Å². The molecule has 2 aliphatic carbocycles. The molecule has 0 saturated carbocycles. The number of halogens is 2. The van der Waals surface area contributed by atoms with Crippen LogP contribution >= 0.6 is 0 Å². The normalized spacial score (nSPS) is 12.2. The van der Waals surface area contributed by atoms with Crippen molar-refractivity contribution < 1.29 is 46.5 Å². The maximum absolute atomic E-state index is 3.77. The minimum atomic E-state index is 0. The van der Waals surface area contributed by atoms with Crippen molar-refractivity contribution in [2.45, 2.75) is 20.3 Å². The van der Waals surface area contributed by atoms with Crippen LogP contribution in [-0.4, -0.2) is 0 Å². The summed E-state index contributed by atoms with van der Waals surface area (Å²) in [5.41, 5.74) is 12.9. The Labute approximate surface area is 240 Å². The van der Waals surface area contributed by atoms with Gasteiger partial charge in [-0.1, -0.05) is 119 Å². The van der Waals surface area contributed by atoms with Crippen LogP contribution < -0.4 is 35.3 Å². The minimum Gasteiger partial charge on any atom is -1.00 e. The molecule has 2 aliphatic rings. The van der Waals surface area contributed by atoms with E-state index in [1.54, 1.807) is 0 Å². The van der Waals surface area contributed by atoms with Crippen molar-refractivity contribution in [2.24, 2.45) is 0 Å². The molecule has 175 valence electrons. The van der Waals surface area contributed by atoms with Gasteiger partial charge in [0, 0.05) is 0 Å². The zero-order valence-electron chi connectivity index (χ0n) is 20.3. The predicted octanol–water partition coefficient (Wildman–Crippen LogP) is 0.586. The molecule has 0 spiro atoms. The number of fused-ring (bicyclic) bond motifs is 3. The van der Waals surface area contributed by atoms with Crippen molar-refractivity contribution in [3.63, 3.8) is 0 Å². The molecule has 36 heavy (non-hydrogen) atoms. The van der Waals surface area contributed by atoms with Crippen molar-refractivity contribution in [3.05, 3.63) is 147 Å². The number of aryl methyl sites for hydroxylation is 1. The molecular weight excluding hydrogens is 515 g/mol. The Bertz CT molecular complexity index is 1540. The summed E-state index contributed by atoms with van der Waals surface area (Å²) in [7, 11) is 0. The number of hydrogen-bond donors (Lipinski definition) is 0. The molecule has 0 saturated heterocycles. The molecule has 3 heteroatoms. The molecule has 0 aromatic heterocycles. The number of rotatable bonds is 3. The molecule has 0 amide bonds. The first-order chi connectivity index (χ1) is 16.2. The van der Waals surface area contributed by atoms with Crippen LogP contribution in [0.25, 0.3) is 28.3 Å². The number of benzene rings is 4. The van der Waals surface area contributed by atoms with Crippen LogP contribution in [0.15, 0.2) is 103 Å². The fraction of sp³-hybridized carbons (Fsp3) is 0.0909. The summed E-state index contributed by atoms with van der Waals surface area (Å²) < 4.78 is 0. The third-order valence-electron chi connectivity index (χ3n) is 6.80. The van der Waals surface area contributed by atoms with E-state index in [1.807, 2.05) is 0 Å². The first kappa shape index (κ1) is 28.0. The van der Waals surface area contributed by atoms with Crippen LogP contribution in [0, 0.1) is 13.8 Å². The van der Waals surface area contributed by atoms with E-state index < -0.39 is 0 Å². The van der Waals surface area contributed by atoms with Crippen molar-refractivity contribution in [3.8, 4) is 11.1 Å². The molecule has 0 heterocycles. The number of allylic oxidation sites excluding steroid dienone is 4. The second-order valence-electron chi connectivity index (χ2n) is 8.95. The van der Waals surface area contributed by atoms with Crippen molar-refractivity contribution in [1.29, 1.82) is 0 Å². The second kappa shape index (κ2) is 11.6. The maximum atomic E-state index is 3.77. The molecule has 0 N–H and O–H groups in total. The maximum Gasteiger partial charge on any atom is 3.00 e.